The second-order valence-corrected chi connectivity index (χ2v) is 12.0. The molecular formula is C31H34F2N7O3P. The molecule has 0 radical (unpaired) electrons. The average molecular weight is 622 g/mol. The van der Waals surface area contributed by atoms with Gasteiger partial charge in [-0.25, -0.2) is 18.4 Å². The van der Waals surface area contributed by atoms with Crippen LogP contribution >= 0.6 is 9.24 Å². The quantitative estimate of drug-likeness (QED) is 0.291. The van der Waals surface area contributed by atoms with Gasteiger partial charge in [-0.3, -0.25) is 9.78 Å². The standard InChI is InChI=1S/C31H34F2N7O3P/c1-17-12-18(13-24(34)30(17)40-9-8-36-39-40)21-4-7-35-16-26(21)38-31(41)25-3-2-22(32)29(37-25)28-23(33)14-20(15-27(28)44)43-19-5-10-42-11-6-19/h2-4,7-9,14-19,24,30H,5-6,10-13,34,44H2,1H3,(H,38,41). The first-order valence-corrected chi connectivity index (χ1v) is 15.2. The summed E-state index contributed by atoms with van der Waals surface area (Å²) < 4.78 is 43.5. The van der Waals surface area contributed by atoms with Crippen LogP contribution in [0.4, 0.5) is 14.5 Å². The molecule has 0 bridgehead atoms. The molecule has 1 saturated carbocycles. The lowest BCUT2D eigenvalue weighted by atomic mass is 9.73. The maximum Gasteiger partial charge on any atom is 0.274 e. The minimum absolute atomic E-state index is 0.0139. The van der Waals surface area contributed by atoms with Gasteiger partial charge in [0.2, 0.25) is 0 Å². The maximum absolute atomic E-state index is 15.4. The Kier molecular flexibility index (Phi) is 8.93. The zero-order valence-electron chi connectivity index (χ0n) is 24.2. The first-order chi connectivity index (χ1) is 21.3. The van der Waals surface area contributed by atoms with Gasteiger partial charge in [-0.2, -0.15) is 0 Å². The molecule has 10 nitrogen and oxygen atoms in total. The van der Waals surface area contributed by atoms with E-state index < -0.39 is 17.5 Å². The number of anilines is 1. The van der Waals surface area contributed by atoms with Crippen molar-refractivity contribution >= 4 is 26.1 Å². The molecule has 13 heteroatoms. The number of pyridine rings is 2. The molecule has 0 spiro atoms. The third-order valence-electron chi connectivity index (χ3n) is 8.40. The SMILES string of the molecule is CC1CC(c2ccncc2NC(=O)c2ccc(F)c(-c3c(F)cc(OC4CCOCC4)cc3P)n2)CC(N)C1n1ccnn1. The van der Waals surface area contributed by atoms with Crippen LogP contribution in [0.1, 0.15) is 60.6 Å². The summed E-state index contributed by atoms with van der Waals surface area (Å²) in [5.74, 6) is -1.43. The normalized spacial score (nSPS) is 22.5. The monoisotopic (exact) mass is 621 g/mol. The van der Waals surface area contributed by atoms with E-state index in [0.29, 0.717) is 49.2 Å². The van der Waals surface area contributed by atoms with E-state index in [1.165, 1.54) is 12.1 Å². The molecule has 1 aliphatic heterocycles. The number of rotatable bonds is 7. The van der Waals surface area contributed by atoms with Crippen LogP contribution in [0.15, 0.2) is 55.1 Å². The van der Waals surface area contributed by atoms with Gasteiger partial charge in [0.05, 0.1) is 37.3 Å². The lowest BCUT2D eigenvalue weighted by Crippen LogP contribution is -2.42. The zero-order chi connectivity index (χ0) is 30.8. The third-order valence-corrected chi connectivity index (χ3v) is 8.86. The van der Waals surface area contributed by atoms with Crippen molar-refractivity contribution in [2.75, 3.05) is 18.5 Å². The van der Waals surface area contributed by atoms with Crippen molar-refractivity contribution in [1.29, 1.82) is 0 Å². The van der Waals surface area contributed by atoms with E-state index in [1.807, 2.05) is 16.9 Å². The number of amides is 1. The summed E-state index contributed by atoms with van der Waals surface area (Å²) in [6, 6.07) is 6.94. The Morgan fingerprint density at radius 2 is 1.95 bits per heavy atom. The van der Waals surface area contributed by atoms with E-state index in [1.54, 1.807) is 24.7 Å². The fourth-order valence-electron chi connectivity index (χ4n) is 6.36. The van der Waals surface area contributed by atoms with E-state index in [9.17, 15) is 4.79 Å². The first kappa shape index (κ1) is 30.2. The van der Waals surface area contributed by atoms with Crippen LogP contribution in [0.2, 0.25) is 0 Å². The average Bonchev–Trinajstić information content (AvgIpc) is 3.52. The van der Waals surface area contributed by atoms with Crippen molar-refractivity contribution in [2.45, 2.75) is 56.7 Å². The highest BCUT2D eigenvalue weighted by Gasteiger charge is 2.37. The molecule has 2 fully saturated rings. The predicted octanol–water partition coefficient (Wildman–Crippen LogP) is 4.41. The molecule has 5 atom stereocenters. The number of hydrogen-bond acceptors (Lipinski definition) is 8. The largest absolute Gasteiger partial charge is 0.490 e. The molecule has 4 aromatic rings. The lowest BCUT2D eigenvalue weighted by Gasteiger charge is -2.39. The Labute approximate surface area is 256 Å². The number of aromatic nitrogens is 5. The van der Waals surface area contributed by atoms with E-state index in [2.05, 4.69) is 41.8 Å². The van der Waals surface area contributed by atoms with Crippen molar-refractivity contribution in [3.05, 3.63) is 78.0 Å². The molecule has 1 aromatic carbocycles. The highest BCUT2D eigenvalue weighted by Crippen LogP contribution is 2.42. The fraction of sp³-hybridized carbons (Fsp3) is 0.387. The van der Waals surface area contributed by atoms with Crippen LogP contribution in [-0.4, -0.2) is 56.2 Å². The number of nitrogens with two attached hydrogens (primary N) is 1. The molecule has 2 aliphatic rings. The van der Waals surface area contributed by atoms with Gasteiger partial charge in [-0.1, -0.05) is 12.1 Å². The van der Waals surface area contributed by atoms with E-state index in [4.69, 9.17) is 15.2 Å². The summed E-state index contributed by atoms with van der Waals surface area (Å²) >= 11 is 0. The smallest absolute Gasteiger partial charge is 0.274 e. The summed E-state index contributed by atoms with van der Waals surface area (Å²) in [6.45, 7) is 3.30. The molecule has 6 rings (SSSR count). The zero-order valence-corrected chi connectivity index (χ0v) is 25.4. The van der Waals surface area contributed by atoms with Crippen LogP contribution in [0.3, 0.4) is 0 Å². The Hall–Kier alpha value is -3.86. The van der Waals surface area contributed by atoms with Crippen LogP contribution in [0, 0.1) is 17.6 Å². The van der Waals surface area contributed by atoms with Crippen LogP contribution < -0.4 is 21.1 Å². The van der Waals surface area contributed by atoms with Gasteiger partial charge in [-0.15, -0.1) is 14.3 Å². The van der Waals surface area contributed by atoms with Crippen LogP contribution in [-0.2, 0) is 4.74 Å². The first-order valence-electron chi connectivity index (χ1n) is 14.7. The lowest BCUT2D eigenvalue weighted by molar-refractivity contribution is 0.0255. The number of ether oxygens (including phenoxy) is 2. The van der Waals surface area contributed by atoms with Gasteiger partial charge in [0.15, 0.2) is 0 Å². The Bertz CT molecular complexity index is 1600. The molecule has 3 aromatic heterocycles. The second-order valence-electron chi connectivity index (χ2n) is 11.4. The Morgan fingerprint density at radius 3 is 2.68 bits per heavy atom. The van der Waals surface area contributed by atoms with Gasteiger partial charge in [-0.05, 0) is 59.8 Å². The van der Waals surface area contributed by atoms with Gasteiger partial charge >= 0.3 is 0 Å². The summed E-state index contributed by atoms with van der Waals surface area (Å²) in [4.78, 5) is 21.9. The van der Waals surface area contributed by atoms with Crippen LogP contribution in [0.25, 0.3) is 11.3 Å². The van der Waals surface area contributed by atoms with Crippen molar-refractivity contribution in [2.24, 2.45) is 11.7 Å². The minimum atomic E-state index is -0.753. The fourth-order valence-corrected chi connectivity index (χ4v) is 6.80. The Morgan fingerprint density at radius 1 is 1.14 bits per heavy atom. The number of carbonyl (C=O) groups excluding carboxylic acids is 1. The number of nitrogens with zero attached hydrogens (tertiary/aromatic N) is 5. The molecule has 4 heterocycles. The molecule has 1 saturated heterocycles. The second kappa shape index (κ2) is 13.0. The highest BCUT2D eigenvalue weighted by molar-refractivity contribution is 7.28. The molecule has 1 amide bonds. The van der Waals surface area contributed by atoms with Gasteiger partial charge in [0.25, 0.3) is 5.91 Å². The maximum atomic E-state index is 15.4. The third kappa shape index (κ3) is 6.33. The van der Waals surface area contributed by atoms with E-state index in [-0.39, 0.29) is 47.0 Å². The van der Waals surface area contributed by atoms with Gasteiger partial charge in [0.1, 0.15) is 34.9 Å². The Balaban J connectivity index is 1.21. The van der Waals surface area contributed by atoms with Gasteiger partial charge in [0, 0.05) is 42.9 Å². The summed E-state index contributed by atoms with van der Waals surface area (Å²) in [5.41, 5.74) is 7.63. The topological polar surface area (TPSA) is 130 Å². The number of benzene rings is 1. The van der Waals surface area contributed by atoms with E-state index in [0.717, 1.165) is 18.1 Å². The number of hydrogen-bond donors (Lipinski definition) is 2. The van der Waals surface area contributed by atoms with Crippen molar-refractivity contribution in [1.82, 2.24) is 25.0 Å². The molecular weight excluding hydrogens is 587 g/mol. The van der Waals surface area contributed by atoms with E-state index >= 15 is 8.78 Å². The molecule has 5 unspecified atom stereocenters. The number of halogens is 2. The van der Waals surface area contributed by atoms with Gasteiger partial charge < -0.3 is 20.5 Å². The van der Waals surface area contributed by atoms with Crippen molar-refractivity contribution < 1.29 is 23.0 Å². The van der Waals surface area contributed by atoms with Crippen molar-refractivity contribution in [3.8, 4) is 17.0 Å². The molecule has 44 heavy (non-hydrogen) atoms. The molecule has 1 aliphatic carbocycles. The van der Waals surface area contributed by atoms with Crippen LogP contribution in [0.5, 0.6) is 5.75 Å². The summed E-state index contributed by atoms with van der Waals surface area (Å²) in [5, 5.41) is 11.3. The van der Waals surface area contributed by atoms with Crippen molar-refractivity contribution in [3.63, 3.8) is 0 Å². The summed E-state index contributed by atoms with van der Waals surface area (Å²) in [7, 11) is 2.41. The highest BCUT2D eigenvalue weighted by atomic mass is 31.0. The molecule has 230 valence electrons. The summed E-state index contributed by atoms with van der Waals surface area (Å²) in [6.07, 6.45) is 9.54. The predicted molar refractivity (Wildman–Crippen MR) is 164 cm³/mol. The molecule has 3 N–H and O–H groups in total. The number of nitrogens with one attached hydrogen (secondary N) is 1. The number of carbonyl (C=O) groups is 1. The minimum Gasteiger partial charge on any atom is -0.490 e.